The molecule has 0 spiro atoms. The van der Waals surface area contributed by atoms with Crippen molar-refractivity contribution in [3.63, 3.8) is 0 Å². The maximum atomic E-state index is 11.3. The van der Waals surface area contributed by atoms with Gasteiger partial charge in [0.05, 0.1) is 5.92 Å². The van der Waals surface area contributed by atoms with Crippen LogP contribution in [0.3, 0.4) is 0 Å². The molecule has 0 saturated heterocycles. The number of nitrogens with two attached hydrogens (primary N) is 1. The number of carboxylic acids is 1. The number of aliphatic carboxylic acids is 1. The predicted molar refractivity (Wildman–Crippen MR) is 78.0 cm³/mol. The maximum Gasteiger partial charge on any atom is 0.308 e. The Bertz CT molecular complexity index is 411. The van der Waals surface area contributed by atoms with Crippen molar-refractivity contribution in [1.82, 2.24) is 0 Å². The van der Waals surface area contributed by atoms with Crippen LogP contribution in [0, 0.1) is 11.8 Å². The van der Waals surface area contributed by atoms with Gasteiger partial charge in [-0.15, -0.1) is 0 Å². The summed E-state index contributed by atoms with van der Waals surface area (Å²) in [5.74, 6) is -0.838. The fourth-order valence-corrected chi connectivity index (χ4v) is 2.34. The van der Waals surface area contributed by atoms with Gasteiger partial charge in [0.2, 0.25) is 0 Å². The average Bonchev–Trinajstić information content (AvgIpc) is 2.37. The average molecular weight is 263 g/mol. The van der Waals surface area contributed by atoms with E-state index in [-0.39, 0.29) is 5.92 Å². The molecule has 1 aromatic carbocycles. The van der Waals surface area contributed by atoms with Gasteiger partial charge in [0.1, 0.15) is 0 Å². The van der Waals surface area contributed by atoms with E-state index in [1.165, 1.54) is 5.56 Å². The van der Waals surface area contributed by atoms with Crippen molar-refractivity contribution in [2.75, 3.05) is 0 Å². The summed E-state index contributed by atoms with van der Waals surface area (Å²) in [6, 6.07) is 7.59. The lowest BCUT2D eigenvalue weighted by Gasteiger charge is -2.24. The Hall–Kier alpha value is -1.35. The summed E-state index contributed by atoms with van der Waals surface area (Å²) in [5, 5.41) is 9.28. The fraction of sp³-hybridized carbons (Fsp3) is 0.562. The van der Waals surface area contributed by atoms with Crippen LogP contribution in [0.2, 0.25) is 0 Å². The van der Waals surface area contributed by atoms with Gasteiger partial charge in [-0.05, 0) is 29.4 Å². The zero-order chi connectivity index (χ0) is 14.6. The largest absolute Gasteiger partial charge is 0.481 e. The maximum absolute atomic E-state index is 11.3. The van der Waals surface area contributed by atoms with Crippen LogP contribution in [0.15, 0.2) is 24.3 Å². The first-order valence-corrected chi connectivity index (χ1v) is 6.96. The van der Waals surface area contributed by atoms with E-state index in [1.807, 2.05) is 26.0 Å². The molecule has 0 heterocycles. The molecule has 0 fully saturated rings. The predicted octanol–water partition coefficient (Wildman–Crippen LogP) is 3.56. The van der Waals surface area contributed by atoms with Crippen LogP contribution in [0.4, 0.5) is 0 Å². The minimum absolute atomic E-state index is 0.0155. The van der Waals surface area contributed by atoms with Gasteiger partial charge in [0.15, 0.2) is 0 Å². The van der Waals surface area contributed by atoms with Crippen LogP contribution >= 0.6 is 0 Å². The summed E-state index contributed by atoms with van der Waals surface area (Å²) < 4.78 is 0. The second kappa shape index (κ2) is 6.71. The highest BCUT2D eigenvalue weighted by Crippen LogP contribution is 2.28. The molecule has 0 saturated carbocycles. The number of hydrogen-bond donors (Lipinski definition) is 2. The fourth-order valence-electron chi connectivity index (χ4n) is 2.34. The molecule has 1 rings (SSSR count). The van der Waals surface area contributed by atoms with E-state index in [1.54, 1.807) is 0 Å². The Morgan fingerprint density at radius 3 is 2.00 bits per heavy atom. The number of hydrogen-bond acceptors (Lipinski definition) is 2. The summed E-state index contributed by atoms with van der Waals surface area (Å²) in [4.78, 5) is 11.3. The molecule has 3 heteroatoms. The molecule has 0 aliphatic carbocycles. The molecule has 3 atom stereocenters. The highest BCUT2D eigenvalue weighted by Gasteiger charge is 2.29. The lowest BCUT2D eigenvalue weighted by Crippen LogP contribution is -2.32. The molecule has 0 aromatic heterocycles. The number of carboxylic acid groups (broad SMARTS) is 1. The van der Waals surface area contributed by atoms with Crippen LogP contribution in [-0.4, -0.2) is 11.1 Å². The molecule has 3 nitrogen and oxygen atoms in total. The Kier molecular flexibility index (Phi) is 5.55. The van der Waals surface area contributed by atoms with E-state index < -0.39 is 17.9 Å². The Labute approximate surface area is 115 Å². The highest BCUT2D eigenvalue weighted by atomic mass is 16.4. The van der Waals surface area contributed by atoms with Crippen molar-refractivity contribution >= 4 is 5.97 Å². The lowest BCUT2D eigenvalue weighted by atomic mass is 9.84. The standard InChI is InChI=1S/C16H25NO2/c1-5-11(4)12-6-8-13(9-7-12)15(17)14(10(2)3)16(18)19/h6-11,14-15H,5,17H2,1-4H3,(H,18,19). The molecule has 0 amide bonds. The first kappa shape index (κ1) is 15.7. The molecule has 1 aromatic rings. The van der Waals surface area contributed by atoms with Gasteiger partial charge in [-0.3, -0.25) is 4.79 Å². The van der Waals surface area contributed by atoms with Crippen LogP contribution in [0.1, 0.15) is 57.2 Å². The number of rotatable bonds is 6. The second-order valence-electron chi connectivity index (χ2n) is 5.61. The van der Waals surface area contributed by atoms with Crippen molar-refractivity contribution in [3.05, 3.63) is 35.4 Å². The van der Waals surface area contributed by atoms with Crippen molar-refractivity contribution in [1.29, 1.82) is 0 Å². The quantitative estimate of drug-likeness (QED) is 0.825. The van der Waals surface area contributed by atoms with Gasteiger partial charge in [0.25, 0.3) is 0 Å². The molecular formula is C16H25NO2. The normalized spacial score (nSPS) is 16.1. The monoisotopic (exact) mass is 263 g/mol. The smallest absolute Gasteiger partial charge is 0.308 e. The summed E-state index contributed by atoms with van der Waals surface area (Å²) in [6.07, 6.45) is 1.09. The molecule has 19 heavy (non-hydrogen) atoms. The minimum Gasteiger partial charge on any atom is -0.481 e. The Morgan fingerprint density at radius 2 is 1.63 bits per heavy atom. The number of carbonyl (C=O) groups is 1. The molecule has 106 valence electrons. The van der Waals surface area contributed by atoms with Crippen LogP contribution < -0.4 is 5.73 Å². The van der Waals surface area contributed by atoms with E-state index in [4.69, 9.17) is 5.73 Å². The third-order valence-electron chi connectivity index (χ3n) is 3.89. The molecule has 3 unspecified atom stereocenters. The van der Waals surface area contributed by atoms with Gasteiger partial charge in [-0.25, -0.2) is 0 Å². The topological polar surface area (TPSA) is 63.3 Å². The lowest BCUT2D eigenvalue weighted by molar-refractivity contribution is -0.144. The highest BCUT2D eigenvalue weighted by molar-refractivity contribution is 5.71. The first-order valence-electron chi connectivity index (χ1n) is 6.96. The van der Waals surface area contributed by atoms with E-state index in [0.717, 1.165) is 12.0 Å². The third-order valence-corrected chi connectivity index (χ3v) is 3.89. The molecule has 0 aliphatic rings. The SMILES string of the molecule is CCC(C)c1ccc(C(N)C(C(=O)O)C(C)C)cc1. The van der Waals surface area contributed by atoms with Gasteiger partial charge in [0, 0.05) is 6.04 Å². The van der Waals surface area contributed by atoms with Crippen LogP contribution in [-0.2, 0) is 4.79 Å². The summed E-state index contributed by atoms with van der Waals surface area (Å²) in [6.45, 7) is 8.13. The number of benzene rings is 1. The van der Waals surface area contributed by atoms with Gasteiger partial charge in [-0.1, -0.05) is 52.0 Å². The van der Waals surface area contributed by atoms with E-state index in [2.05, 4.69) is 26.0 Å². The third kappa shape index (κ3) is 3.80. The minimum atomic E-state index is -0.825. The van der Waals surface area contributed by atoms with Gasteiger partial charge in [-0.2, -0.15) is 0 Å². The van der Waals surface area contributed by atoms with Crippen molar-refractivity contribution in [3.8, 4) is 0 Å². The zero-order valence-corrected chi connectivity index (χ0v) is 12.3. The molecule has 0 aliphatic heterocycles. The van der Waals surface area contributed by atoms with E-state index >= 15 is 0 Å². The van der Waals surface area contributed by atoms with Crippen molar-refractivity contribution < 1.29 is 9.90 Å². The van der Waals surface area contributed by atoms with E-state index in [9.17, 15) is 9.90 Å². The second-order valence-corrected chi connectivity index (χ2v) is 5.61. The molecule has 0 radical (unpaired) electrons. The van der Waals surface area contributed by atoms with Crippen molar-refractivity contribution in [2.24, 2.45) is 17.6 Å². The van der Waals surface area contributed by atoms with E-state index in [0.29, 0.717) is 5.92 Å². The zero-order valence-electron chi connectivity index (χ0n) is 12.3. The summed E-state index contributed by atoms with van der Waals surface area (Å²) in [7, 11) is 0. The summed E-state index contributed by atoms with van der Waals surface area (Å²) >= 11 is 0. The van der Waals surface area contributed by atoms with Crippen LogP contribution in [0.5, 0.6) is 0 Å². The van der Waals surface area contributed by atoms with Gasteiger partial charge >= 0.3 is 5.97 Å². The van der Waals surface area contributed by atoms with Crippen molar-refractivity contribution in [2.45, 2.75) is 46.1 Å². The molecule has 3 N–H and O–H groups in total. The first-order chi connectivity index (χ1) is 8.88. The summed E-state index contributed by atoms with van der Waals surface area (Å²) in [5.41, 5.74) is 8.29. The Morgan fingerprint density at radius 1 is 1.16 bits per heavy atom. The molecular weight excluding hydrogens is 238 g/mol. The Balaban J connectivity index is 2.93. The van der Waals surface area contributed by atoms with Crippen LogP contribution in [0.25, 0.3) is 0 Å². The van der Waals surface area contributed by atoms with Gasteiger partial charge < -0.3 is 10.8 Å². The molecule has 0 bridgehead atoms.